The predicted octanol–water partition coefficient (Wildman–Crippen LogP) is 3.83. The molecule has 0 radical (unpaired) electrons. The topological polar surface area (TPSA) is 62.6 Å². The molecule has 0 bridgehead atoms. The first-order chi connectivity index (χ1) is 12.0. The van der Waals surface area contributed by atoms with E-state index >= 15 is 0 Å². The quantitative estimate of drug-likeness (QED) is 0.720. The molecule has 25 heavy (non-hydrogen) atoms. The molecule has 1 amide bonds. The monoisotopic (exact) mass is 334 g/mol. The first-order valence-electron chi connectivity index (χ1n) is 7.83. The summed E-state index contributed by atoms with van der Waals surface area (Å²) >= 11 is 0. The van der Waals surface area contributed by atoms with E-state index in [1.54, 1.807) is 24.3 Å². The Morgan fingerprint density at radius 3 is 2.12 bits per heavy atom. The van der Waals surface area contributed by atoms with Crippen LogP contribution in [-0.2, 0) is 0 Å². The summed E-state index contributed by atoms with van der Waals surface area (Å²) in [6.07, 6.45) is 0. The second kappa shape index (κ2) is 7.05. The minimum absolute atomic E-state index is 0.0935. The number of anilines is 2. The van der Waals surface area contributed by atoms with Crippen LogP contribution in [0.4, 0.5) is 11.4 Å². The number of hydrogen-bond donors (Lipinski definition) is 1. The van der Waals surface area contributed by atoms with Crippen molar-refractivity contribution in [2.75, 3.05) is 24.3 Å². The number of carbonyl (C=O) groups is 2. The van der Waals surface area contributed by atoms with Crippen molar-refractivity contribution in [1.29, 1.82) is 0 Å². The molecule has 5 heteroatoms. The maximum atomic E-state index is 12.3. The third-order valence-corrected chi connectivity index (χ3v) is 3.73. The highest BCUT2D eigenvalue weighted by atomic mass is 16.4. The van der Waals surface area contributed by atoms with Crippen LogP contribution in [0, 0.1) is 0 Å². The normalized spacial score (nSPS) is 10.3. The van der Waals surface area contributed by atoms with E-state index in [-0.39, 0.29) is 17.3 Å². The Balaban J connectivity index is 1.71. The third-order valence-electron chi connectivity index (χ3n) is 3.73. The van der Waals surface area contributed by atoms with Gasteiger partial charge in [-0.05, 0) is 36.4 Å². The maximum absolute atomic E-state index is 12.3. The molecule has 0 aliphatic rings. The lowest BCUT2D eigenvalue weighted by Crippen LogP contribution is -2.12. The lowest BCUT2D eigenvalue weighted by molar-refractivity contribution is 0.0979. The minimum atomic E-state index is -0.398. The summed E-state index contributed by atoms with van der Waals surface area (Å²) in [5.74, 6) is -0.421. The van der Waals surface area contributed by atoms with Crippen molar-refractivity contribution >= 4 is 23.1 Å². The molecule has 0 aliphatic carbocycles. The lowest BCUT2D eigenvalue weighted by atomic mass is 10.1. The molecule has 3 aromatic rings. The Kier molecular flexibility index (Phi) is 4.66. The van der Waals surface area contributed by atoms with Crippen molar-refractivity contribution in [1.82, 2.24) is 0 Å². The number of ketones is 1. The summed E-state index contributed by atoms with van der Waals surface area (Å²) in [5, 5.41) is 2.75. The highest BCUT2D eigenvalue weighted by Crippen LogP contribution is 2.18. The zero-order chi connectivity index (χ0) is 17.8. The second-order valence-corrected chi connectivity index (χ2v) is 5.75. The summed E-state index contributed by atoms with van der Waals surface area (Å²) in [6, 6.07) is 19.2. The zero-order valence-corrected chi connectivity index (χ0v) is 14.0. The highest BCUT2D eigenvalue weighted by Gasteiger charge is 2.17. The second-order valence-electron chi connectivity index (χ2n) is 5.75. The summed E-state index contributed by atoms with van der Waals surface area (Å²) in [7, 11) is 3.89. The first kappa shape index (κ1) is 16.5. The Labute approximate surface area is 145 Å². The summed E-state index contributed by atoms with van der Waals surface area (Å²) in [6.45, 7) is 0. The van der Waals surface area contributed by atoms with Crippen molar-refractivity contribution in [3.8, 4) is 0 Å². The standard InChI is InChI=1S/C20H18N2O3/c1-22(2)16-10-8-15(9-11-16)21-20(24)18-13-12-17(25-18)19(23)14-6-4-3-5-7-14/h3-13H,1-2H3,(H,21,24). The van der Waals surface area contributed by atoms with Crippen LogP contribution in [0.5, 0.6) is 0 Å². The van der Waals surface area contributed by atoms with E-state index in [4.69, 9.17) is 4.42 Å². The van der Waals surface area contributed by atoms with Crippen LogP contribution in [-0.4, -0.2) is 25.8 Å². The van der Waals surface area contributed by atoms with Crippen LogP contribution in [0.15, 0.2) is 71.1 Å². The van der Waals surface area contributed by atoms with Crippen molar-refractivity contribution in [2.24, 2.45) is 0 Å². The van der Waals surface area contributed by atoms with Gasteiger partial charge in [-0.2, -0.15) is 0 Å². The average Bonchev–Trinajstić information content (AvgIpc) is 3.12. The van der Waals surface area contributed by atoms with Gasteiger partial charge in [0.1, 0.15) is 0 Å². The molecule has 2 aromatic carbocycles. The molecule has 0 aliphatic heterocycles. The number of rotatable bonds is 5. The van der Waals surface area contributed by atoms with Crippen LogP contribution in [0.1, 0.15) is 26.7 Å². The fraction of sp³-hybridized carbons (Fsp3) is 0.100. The molecule has 1 heterocycles. The average molecular weight is 334 g/mol. The number of carbonyl (C=O) groups excluding carboxylic acids is 2. The molecule has 0 spiro atoms. The van der Waals surface area contributed by atoms with E-state index in [2.05, 4.69) is 5.32 Å². The van der Waals surface area contributed by atoms with Gasteiger partial charge >= 0.3 is 0 Å². The van der Waals surface area contributed by atoms with Gasteiger partial charge in [-0.15, -0.1) is 0 Å². The number of nitrogens with one attached hydrogen (secondary N) is 1. The maximum Gasteiger partial charge on any atom is 0.291 e. The SMILES string of the molecule is CN(C)c1ccc(NC(=O)c2ccc(C(=O)c3ccccc3)o2)cc1. The Hall–Kier alpha value is -3.34. The molecule has 1 aromatic heterocycles. The van der Waals surface area contributed by atoms with E-state index in [0.29, 0.717) is 11.3 Å². The fourth-order valence-electron chi connectivity index (χ4n) is 2.35. The van der Waals surface area contributed by atoms with Gasteiger partial charge in [-0.3, -0.25) is 9.59 Å². The molecular weight excluding hydrogens is 316 g/mol. The molecule has 0 saturated carbocycles. The van der Waals surface area contributed by atoms with Crippen LogP contribution in [0.25, 0.3) is 0 Å². The Bertz CT molecular complexity index is 881. The van der Waals surface area contributed by atoms with Crippen molar-refractivity contribution in [3.05, 3.63) is 83.8 Å². The van der Waals surface area contributed by atoms with Crippen molar-refractivity contribution in [2.45, 2.75) is 0 Å². The Morgan fingerprint density at radius 1 is 0.840 bits per heavy atom. The van der Waals surface area contributed by atoms with Gasteiger partial charge in [0.05, 0.1) is 0 Å². The number of furan rings is 1. The highest BCUT2D eigenvalue weighted by molar-refractivity contribution is 6.08. The van der Waals surface area contributed by atoms with Crippen molar-refractivity contribution < 1.29 is 14.0 Å². The number of benzene rings is 2. The molecule has 126 valence electrons. The third kappa shape index (κ3) is 3.77. The number of nitrogens with zero attached hydrogens (tertiary/aromatic N) is 1. The molecule has 0 fully saturated rings. The van der Waals surface area contributed by atoms with E-state index in [1.807, 2.05) is 49.3 Å². The summed E-state index contributed by atoms with van der Waals surface area (Å²) in [4.78, 5) is 26.6. The minimum Gasteiger partial charge on any atom is -0.447 e. The molecular formula is C20H18N2O3. The van der Waals surface area contributed by atoms with E-state index in [9.17, 15) is 9.59 Å². The summed E-state index contributed by atoms with van der Waals surface area (Å²) < 4.78 is 5.43. The van der Waals surface area contributed by atoms with Gasteiger partial charge in [0.15, 0.2) is 11.5 Å². The predicted molar refractivity (Wildman–Crippen MR) is 97.3 cm³/mol. The molecule has 3 rings (SSSR count). The van der Waals surface area contributed by atoms with Gasteiger partial charge in [0.25, 0.3) is 5.91 Å². The molecule has 1 N–H and O–H groups in total. The number of hydrogen-bond acceptors (Lipinski definition) is 4. The molecule has 0 unspecified atom stereocenters. The van der Waals surface area contributed by atoms with Crippen LogP contribution < -0.4 is 10.2 Å². The number of amides is 1. The van der Waals surface area contributed by atoms with E-state index < -0.39 is 5.91 Å². The largest absolute Gasteiger partial charge is 0.447 e. The molecule has 0 saturated heterocycles. The van der Waals surface area contributed by atoms with E-state index in [0.717, 1.165) is 5.69 Å². The zero-order valence-electron chi connectivity index (χ0n) is 14.0. The van der Waals surface area contributed by atoms with Gasteiger partial charge in [-0.1, -0.05) is 30.3 Å². The van der Waals surface area contributed by atoms with Crippen molar-refractivity contribution in [3.63, 3.8) is 0 Å². The smallest absolute Gasteiger partial charge is 0.291 e. The van der Waals surface area contributed by atoms with Gasteiger partial charge in [0.2, 0.25) is 5.78 Å². The first-order valence-corrected chi connectivity index (χ1v) is 7.83. The molecule has 5 nitrogen and oxygen atoms in total. The van der Waals surface area contributed by atoms with Gasteiger partial charge in [-0.25, -0.2) is 0 Å². The van der Waals surface area contributed by atoms with Crippen LogP contribution in [0.3, 0.4) is 0 Å². The van der Waals surface area contributed by atoms with Gasteiger partial charge in [0, 0.05) is 31.0 Å². The van der Waals surface area contributed by atoms with Crippen LogP contribution in [0.2, 0.25) is 0 Å². The van der Waals surface area contributed by atoms with Crippen LogP contribution >= 0.6 is 0 Å². The lowest BCUT2D eigenvalue weighted by Gasteiger charge is -2.12. The van der Waals surface area contributed by atoms with Gasteiger partial charge < -0.3 is 14.6 Å². The Morgan fingerprint density at radius 2 is 1.48 bits per heavy atom. The van der Waals surface area contributed by atoms with E-state index in [1.165, 1.54) is 12.1 Å². The summed E-state index contributed by atoms with van der Waals surface area (Å²) in [5.41, 5.74) is 2.21. The fourth-order valence-corrected chi connectivity index (χ4v) is 2.35. The molecule has 0 atom stereocenters.